The van der Waals surface area contributed by atoms with Crippen LogP contribution in [0.25, 0.3) is 5.65 Å². The maximum absolute atomic E-state index is 11.7. The lowest BCUT2D eigenvalue weighted by Gasteiger charge is -2.11. The van der Waals surface area contributed by atoms with Crippen LogP contribution in [0.5, 0.6) is 0 Å². The maximum atomic E-state index is 11.7. The fourth-order valence-electron chi connectivity index (χ4n) is 2.47. The van der Waals surface area contributed by atoms with Gasteiger partial charge in [-0.1, -0.05) is 6.07 Å². The monoisotopic (exact) mass is 343 g/mol. The first-order chi connectivity index (χ1) is 12.3. The van der Waals surface area contributed by atoms with Crippen LogP contribution in [0.2, 0.25) is 0 Å². The number of hydrogen-bond donors (Lipinski definition) is 3. The smallest absolute Gasteiger partial charge is 0.220 e. The van der Waals surface area contributed by atoms with Crippen LogP contribution in [0, 0.1) is 0 Å². The van der Waals surface area contributed by atoms with Gasteiger partial charge < -0.3 is 16.0 Å². The number of pyridine rings is 1. The predicted molar refractivity (Wildman–Crippen MR) is 96.2 cm³/mol. The number of guanidine groups is 1. The van der Waals surface area contributed by atoms with E-state index in [0.29, 0.717) is 25.6 Å². The Kier molecular flexibility index (Phi) is 5.81. The Morgan fingerprint density at radius 1 is 1.32 bits per heavy atom. The van der Waals surface area contributed by atoms with Crippen LogP contribution < -0.4 is 16.0 Å². The number of aliphatic imine (C=N–C) groups is 1. The van der Waals surface area contributed by atoms with Crippen molar-refractivity contribution in [2.24, 2.45) is 4.99 Å². The number of amides is 1. The van der Waals surface area contributed by atoms with Crippen LogP contribution in [0.3, 0.4) is 0 Å². The Labute approximate surface area is 147 Å². The lowest BCUT2D eigenvalue weighted by molar-refractivity contribution is -0.121. The van der Waals surface area contributed by atoms with E-state index >= 15 is 0 Å². The molecule has 134 valence electrons. The summed E-state index contributed by atoms with van der Waals surface area (Å²) in [7, 11) is 0. The van der Waals surface area contributed by atoms with Gasteiger partial charge in [-0.3, -0.25) is 9.20 Å². The van der Waals surface area contributed by atoms with Crippen molar-refractivity contribution in [2.45, 2.75) is 45.2 Å². The fourth-order valence-corrected chi connectivity index (χ4v) is 2.47. The summed E-state index contributed by atoms with van der Waals surface area (Å²) in [6.07, 6.45) is 5.49. The van der Waals surface area contributed by atoms with Gasteiger partial charge in [0.25, 0.3) is 0 Å². The number of fused-ring (bicyclic) bond motifs is 1. The van der Waals surface area contributed by atoms with E-state index in [1.165, 1.54) is 0 Å². The second-order valence-electron chi connectivity index (χ2n) is 6.11. The van der Waals surface area contributed by atoms with Crippen LogP contribution in [0.4, 0.5) is 0 Å². The number of nitrogens with zero attached hydrogens (tertiary/aromatic N) is 4. The molecule has 0 aromatic carbocycles. The molecule has 0 aliphatic heterocycles. The van der Waals surface area contributed by atoms with E-state index in [-0.39, 0.29) is 5.91 Å². The lowest BCUT2D eigenvalue weighted by Crippen LogP contribution is -2.38. The molecule has 25 heavy (non-hydrogen) atoms. The Morgan fingerprint density at radius 2 is 2.20 bits per heavy atom. The summed E-state index contributed by atoms with van der Waals surface area (Å²) in [4.78, 5) is 16.2. The SMILES string of the molecule is CCNC(=NCc1nnc2ccccn12)NCCCC(=O)NC1CC1. The highest BCUT2D eigenvalue weighted by Gasteiger charge is 2.22. The number of rotatable bonds is 8. The van der Waals surface area contributed by atoms with Gasteiger partial charge in [-0.15, -0.1) is 10.2 Å². The summed E-state index contributed by atoms with van der Waals surface area (Å²) in [5.74, 6) is 1.65. The van der Waals surface area contributed by atoms with E-state index in [2.05, 4.69) is 31.1 Å². The van der Waals surface area contributed by atoms with Crippen molar-refractivity contribution in [3.8, 4) is 0 Å². The van der Waals surface area contributed by atoms with Gasteiger partial charge >= 0.3 is 0 Å². The first-order valence-electron chi connectivity index (χ1n) is 8.86. The Bertz CT molecular complexity index is 735. The summed E-state index contributed by atoms with van der Waals surface area (Å²) >= 11 is 0. The third kappa shape index (κ3) is 5.17. The number of carbonyl (C=O) groups excluding carboxylic acids is 1. The molecule has 0 unspecified atom stereocenters. The molecule has 0 saturated heterocycles. The first-order valence-corrected chi connectivity index (χ1v) is 8.86. The standard InChI is InChI=1S/C17H25N7O/c1-2-18-17(19-10-5-7-16(25)21-13-8-9-13)20-12-15-23-22-14-6-3-4-11-24(14)15/h3-4,6,11,13H,2,5,7-10,12H2,1H3,(H,21,25)(H2,18,19,20). The van der Waals surface area contributed by atoms with Crippen LogP contribution >= 0.6 is 0 Å². The fraction of sp³-hybridized carbons (Fsp3) is 0.529. The average molecular weight is 343 g/mol. The van der Waals surface area contributed by atoms with Crippen molar-refractivity contribution in [1.82, 2.24) is 30.5 Å². The van der Waals surface area contributed by atoms with Crippen LogP contribution in [0.15, 0.2) is 29.4 Å². The van der Waals surface area contributed by atoms with Crippen LogP contribution in [0.1, 0.15) is 38.4 Å². The third-order valence-electron chi connectivity index (χ3n) is 3.92. The summed E-state index contributed by atoms with van der Waals surface area (Å²) in [5.41, 5.74) is 0.812. The van der Waals surface area contributed by atoms with Gasteiger partial charge in [0, 0.05) is 31.7 Å². The minimum absolute atomic E-state index is 0.140. The molecule has 1 saturated carbocycles. The second-order valence-corrected chi connectivity index (χ2v) is 6.11. The van der Waals surface area contributed by atoms with Crippen molar-refractivity contribution < 1.29 is 4.79 Å². The minimum atomic E-state index is 0.140. The van der Waals surface area contributed by atoms with Gasteiger partial charge in [0.05, 0.1) is 0 Å². The minimum Gasteiger partial charge on any atom is -0.357 e. The van der Waals surface area contributed by atoms with Crippen molar-refractivity contribution in [1.29, 1.82) is 0 Å². The molecule has 0 bridgehead atoms. The summed E-state index contributed by atoms with van der Waals surface area (Å²) in [5, 5.41) is 17.8. The van der Waals surface area contributed by atoms with E-state index in [1.807, 2.05) is 35.7 Å². The molecule has 0 atom stereocenters. The Balaban J connectivity index is 1.47. The molecule has 2 aromatic rings. The molecule has 1 amide bonds. The summed E-state index contributed by atoms with van der Waals surface area (Å²) in [6, 6.07) is 6.22. The predicted octanol–water partition coefficient (Wildman–Crippen LogP) is 0.843. The molecule has 1 aliphatic carbocycles. The molecule has 0 spiro atoms. The normalized spacial score (nSPS) is 14.5. The van der Waals surface area contributed by atoms with E-state index in [9.17, 15) is 4.79 Å². The summed E-state index contributed by atoms with van der Waals surface area (Å²) < 4.78 is 1.93. The molecule has 3 N–H and O–H groups in total. The Hall–Kier alpha value is -2.64. The summed E-state index contributed by atoms with van der Waals surface area (Å²) in [6.45, 7) is 3.93. The highest BCUT2D eigenvalue weighted by atomic mass is 16.1. The zero-order chi connectivity index (χ0) is 17.5. The van der Waals surface area contributed by atoms with Crippen molar-refractivity contribution in [2.75, 3.05) is 13.1 Å². The largest absolute Gasteiger partial charge is 0.357 e. The highest BCUT2D eigenvalue weighted by Crippen LogP contribution is 2.18. The van der Waals surface area contributed by atoms with Gasteiger partial charge in [-0.25, -0.2) is 4.99 Å². The van der Waals surface area contributed by atoms with Crippen LogP contribution in [-0.4, -0.2) is 45.6 Å². The number of carbonyl (C=O) groups is 1. The van der Waals surface area contributed by atoms with E-state index < -0.39 is 0 Å². The highest BCUT2D eigenvalue weighted by molar-refractivity contribution is 5.80. The van der Waals surface area contributed by atoms with Crippen molar-refractivity contribution >= 4 is 17.5 Å². The molecular formula is C17H25N7O. The Morgan fingerprint density at radius 3 is 3.00 bits per heavy atom. The molecule has 8 nitrogen and oxygen atoms in total. The van der Waals surface area contributed by atoms with Gasteiger partial charge in [0.2, 0.25) is 5.91 Å². The van der Waals surface area contributed by atoms with Gasteiger partial charge in [0.1, 0.15) is 6.54 Å². The number of aromatic nitrogens is 3. The average Bonchev–Trinajstić information content (AvgIpc) is 3.33. The van der Waals surface area contributed by atoms with E-state index in [4.69, 9.17) is 0 Å². The van der Waals surface area contributed by atoms with Gasteiger partial charge in [-0.05, 0) is 38.3 Å². The third-order valence-corrected chi connectivity index (χ3v) is 3.92. The molecule has 1 fully saturated rings. The molecule has 8 heteroatoms. The van der Waals surface area contributed by atoms with Gasteiger partial charge in [-0.2, -0.15) is 0 Å². The quantitative estimate of drug-likeness (QED) is 0.375. The topological polar surface area (TPSA) is 95.7 Å². The molecule has 0 radical (unpaired) electrons. The van der Waals surface area contributed by atoms with Crippen molar-refractivity contribution in [3.63, 3.8) is 0 Å². The molecule has 2 aromatic heterocycles. The number of nitrogens with one attached hydrogen (secondary N) is 3. The molecule has 1 aliphatic rings. The second kappa shape index (κ2) is 8.46. The van der Waals surface area contributed by atoms with Gasteiger partial charge in [0.15, 0.2) is 17.4 Å². The molecule has 3 rings (SSSR count). The molecular weight excluding hydrogens is 318 g/mol. The van der Waals surface area contributed by atoms with Crippen molar-refractivity contribution in [3.05, 3.63) is 30.2 Å². The molecule has 2 heterocycles. The van der Waals surface area contributed by atoms with Crippen LogP contribution in [-0.2, 0) is 11.3 Å². The van der Waals surface area contributed by atoms with E-state index in [0.717, 1.165) is 43.2 Å². The lowest BCUT2D eigenvalue weighted by atomic mass is 10.3. The zero-order valence-electron chi connectivity index (χ0n) is 14.5. The first kappa shape index (κ1) is 17.2. The number of hydrogen-bond acceptors (Lipinski definition) is 4. The van der Waals surface area contributed by atoms with E-state index in [1.54, 1.807) is 0 Å². The zero-order valence-corrected chi connectivity index (χ0v) is 14.5. The maximum Gasteiger partial charge on any atom is 0.220 e.